The molecular weight excluding hydrogens is 416 g/mol. The average molecular weight is 455 g/mol. The summed E-state index contributed by atoms with van der Waals surface area (Å²) in [5.41, 5.74) is 9.83. The van der Waals surface area contributed by atoms with E-state index in [0.717, 1.165) is 35.3 Å². The van der Waals surface area contributed by atoms with Gasteiger partial charge in [0, 0.05) is 39.6 Å². The Kier molecular flexibility index (Phi) is 5.87. The molecule has 1 aliphatic heterocycles. The lowest BCUT2D eigenvalue weighted by atomic mass is 9.69. The number of nitrogens with zero attached hydrogens (tertiary/aromatic N) is 2. The third-order valence-electron chi connectivity index (χ3n) is 7.86. The summed E-state index contributed by atoms with van der Waals surface area (Å²) >= 11 is 0. The normalized spacial score (nSPS) is 24.1. The van der Waals surface area contributed by atoms with Crippen LogP contribution in [0.4, 0.5) is 0 Å². The number of hydrogen-bond donors (Lipinski definition) is 2. The number of hydrogen-bond acceptors (Lipinski definition) is 2. The van der Waals surface area contributed by atoms with Gasteiger partial charge in [0.15, 0.2) is 0 Å². The molecule has 0 saturated heterocycles. The number of benzene rings is 1. The Morgan fingerprint density at radius 3 is 2.68 bits per heavy atom. The van der Waals surface area contributed by atoms with Crippen molar-refractivity contribution in [3.8, 4) is 11.1 Å². The summed E-state index contributed by atoms with van der Waals surface area (Å²) in [6.07, 6.45) is 13.5. The van der Waals surface area contributed by atoms with Gasteiger partial charge in [0.1, 0.15) is 0 Å². The van der Waals surface area contributed by atoms with E-state index in [4.69, 9.17) is 4.99 Å². The van der Waals surface area contributed by atoms with Crippen molar-refractivity contribution in [1.82, 2.24) is 15.2 Å². The van der Waals surface area contributed by atoms with Crippen LogP contribution >= 0.6 is 0 Å². The molecule has 0 fully saturated rings. The maximum atomic E-state index is 5.35. The van der Waals surface area contributed by atoms with Crippen LogP contribution in [-0.2, 0) is 0 Å². The largest absolute Gasteiger partial charge is 0.360 e. The summed E-state index contributed by atoms with van der Waals surface area (Å²) in [6.45, 7) is 14.0. The highest BCUT2D eigenvalue weighted by Crippen LogP contribution is 2.46. The molecule has 34 heavy (non-hydrogen) atoms. The zero-order valence-electron chi connectivity index (χ0n) is 21.5. The number of aromatic nitrogens is 3. The molecular formula is C30H38N4. The van der Waals surface area contributed by atoms with Crippen molar-refractivity contribution in [3.63, 3.8) is 0 Å². The Bertz CT molecular complexity index is 1290. The number of nitrogens with one attached hydrogen (secondary N) is 2. The van der Waals surface area contributed by atoms with Gasteiger partial charge in [-0.15, -0.1) is 0 Å². The number of fused-ring (bicyclic) bond motifs is 2. The van der Waals surface area contributed by atoms with Crippen molar-refractivity contribution in [1.29, 1.82) is 0 Å². The molecule has 1 aliphatic carbocycles. The lowest BCUT2D eigenvalue weighted by Gasteiger charge is -2.36. The molecule has 2 atom stereocenters. The van der Waals surface area contributed by atoms with Crippen molar-refractivity contribution in [2.45, 2.75) is 67.2 Å². The van der Waals surface area contributed by atoms with Crippen LogP contribution in [0.25, 0.3) is 22.0 Å². The van der Waals surface area contributed by atoms with Crippen molar-refractivity contribution in [2.24, 2.45) is 28.2 Å². The number of aryl methyl sites for hydroxylation is 1. The molecule has 0 spiro atoms. The molecule has 2 aliphatic rings. The Morgan fingerprint density at radius 1 is 1.12 bits per heavy atom. The van der Waals surface area contributed by atoms with Gasteiger partial charge in [0.2, 0.25) is 0 Å². The second-order valence-electron chi connectivity index (χ2n) is 11.7. The molecule has 2 unspecified atom stereocenters. The highest BCUT2D eigenvalue weighted by atomic mass is 15.1. The first kappa shape index (κ1) is 22.9. The van der Waals surface area contributed by atoms with Crippen molar-refractivity contribution >= 4 is 16.6 Å². The molecule has 4 heteroatoms. The minimum absolute atomic E-state index is 0.325. The van der Waals surface area contributed by atoms with E-state index in [-0.39, 0.29) is 0 Å². The monoisotopic (exact) mass is 454 g/mol. The van der Waals surface area contributed by atoms with E-state index in [1.54, 1.807) is 0 Å². The van der Waals surface area contributed by atoms with E-state index in [1.807, 2.05) is 6.20 Å². The molecule has 2 aromatic heterocycles. The third-order valence-corrected chi connectivity index (χ3v) is 7.86. The Balaban J connectivity index is 1.59. The highest BCUT2D eigenvalue weighted by molar-refractivity contribution is 6.17. The molecule has 178 valence electrons. The molecule has 2 bridgehead atoms. The van der Waals surface area contributed by atoms with Gasteiger partial charge in [-0.3, -0.25) is 10.1 Å². The fraction of sp³-hybridized carbons (Fsp3) is 0.467. The van der Waals surface area contributed by atoms with Crippen LogP contribution in [0.15, 0.2) is 59.0 Å². The standard InChI is InChI=1S/C30H38N4/c1-18(2)9-23-14-24-12-21(15-30(23,5)6)10-19(3)11-29(33-24)27-16-31-28-8-7-22(13-25(27)28)26-17-32-34-20(26)4/h7-8,11-13,16-18,21,23,31H,9-10,14-15H2,1-6H3,(H,32,34)/b19-11-,33-29?. The maximum Gasteiger partial charge on any atom is 0.0726 e. The van der Waals surface area contributed by atoms with Gasteiger partial charge in [-0.05, 0) is 86.5 Å². The topological polar surface area (TPSA) is 56.8 Å². The summed E-state index contributed by atoms with van der Waals surface area (Å²) in [5, 5.41) is 8.50. The molecule has 1 aromatic carbocycles. The second-order valence-corrected chi connectivity index (χ2v) is 11.7. The summed E-state index contributed by atoms with van der Waals surface area (Å²) in [6, 6.07) is 6.61. The van der Waals surface area contributed by atoms with Gasteiger partial charge in [0.05, 0.1) is 11.9 Å². The van der Waals surface area contributed by atoms with Crippen LogP contribution in [0.5, 0.6) is 0 Å². The number of H-pyrrole nitrogens is 2. The highest BCUT2D eigenvalue weighted by Gasteiger charge is 2.35. The Hall–Kier alpha value is -2.88. The van der Waals surface area contributed by atoms with Crippen molar-refractivity contribution in [3.05, 3.63) is 65.3 Å². The molecule has 0 amide bonds. The first-order valence-corrected chi connectivity index (χ1v) is 12.8. The summed E-state index contributed by atoms with van der Waals surface area (Å²) in [5.74, 6) is 1.93. The summed E-state index contributed by atoms with van der Waals surface area (Å²) in [4.78, 5) is 8.84. The molecule has 3 aromatic rings. The van der Waals surface area contributed by atoms with E-state index >= 15 is 0 Å². The van der Waals surface area contributed by atoms with Gasteiger partial charge in [-0.25, -0.2) is 0 Å². The van der Waals surface area contributed by atoms with Crippen LogP contribution in [0.2, 0.25) is 0 Å². The summed E-state index contributed by atoms with van der Waals surface area (Å²) < 4.78 is 0. The first-order chi connectivity index (χ1) is 16.2. The van der Waals surface area contributed by atoms with E-state index in [1.165, 1.54) is 40.6 Å². The van der Waals surface area contributed by atoms with Gasteiger partial charge < -0.3 is 4.98 Å². The van der Waals surface area contributed by atoms with E-state index < -0.39 is 0 Å². The minimum Gasteiger partial charge on any atom is -0.360 e. The predicted molar refractivity (Wildman–Crippen MR) is 143 cm³/mol. The number of aromatic amines is 2. The van der Waals surface area contributed by atoms with E-state index in [9.17, 15) is 0 Å². The lowest BCUT2D eigenvalue weighted by Crippen LogP contribution is -2.26. The van der Waals surface area contributed by atoms with Crippen molar-refractivity contribution < 1.29 is 0 Å². The molecule has 5 rings (SSSR count). The maximum absolute atomic E-state index is 5.35. The molecule has 4 nitrogen and oxygen atoms in total. The van der Waals surface area contributed by atoms with Gasteiger partial charge >= 0.3 is 0 Å². The molecule has 2 N–H and O–H groups in total. The quantitative estimate of drug-likeness (QED) is 0.412. The zero-order valence-corrected chi connectivity index (χ0v) is 21.5. The zero-order chi connectivity index (χ0) is 24.0. The van der Waals surface area contributed by atoms with E-state index in [2.05, 4.69) is 93.3 Å². The van der Waals surface area contributed by atoms with Crippen molar-refractivity contribution in [2.75, 3.05) is 0 Å². The van der Waals surface area contributed by atoms with Crippen LogP contribution < -0.4 is 0 Å². The van der Waals surface area contributed by atoms with Crippen LogP contribution in [0.1, 0.15) is 71.6 Å². The number of allylic oxidation sites excluding steroid dienone is 4. The average Bonchev–Trinajstić information content (AvgIpc) is 3.33. The van der Waals surface area contributed by atoms with Crippen LogP contribution in [0.3, 0.4) is 0 Å². The van der Waals surface area contributed by atoms with Gasteiger partial charge in [-0.2, -0.15) is 5.10 Å². The number of aliphatic imine (C=N–C) groups is 1. The Labute approximate surface area is 203 Å². The molecule has 0 radical (unpaired) electrons. The summed E-state index contributed by atoms with van der Waals surface area (Å²) in [7, 11) is 0. The predicted octanol–water partition coefficient (Wildman–Crippen LogP) is 7.99. The fourth-order valence-electron chi connectivity index (χ4n) is 6.13. The fourth-order valence-corrected chi connectivity index (χ4v) is 6.13. The Morgan fingerprint density at radius 2 is 1.94 bits per heavy atom. The van der Waals surface area contributed by atoms with Crippen LogP contribution in [-0.4, -0.2) is 20.9 Å². The van der Waals surface area contributed by atoms with Gasteiger partial charge in [0.25, 0.3) is 0 Å². The lowest BCUT2D eigenvalue weighted by molar-refractivity contribution is 0.154. The SMILES string of the molecule is C/C1=C/C(c2c[nH]c3ccc(-c4cn[nH]c4C)cc23)=NC2=CC(C1)CC(C)(C)C(CC(C)C)C2. The number of rotatable bonds is 4. The first-order valence-electron chi connectivity index (χ1n) is 12.8. The molecule has 0 saturated carbocycles. The minimum atomic E-state index is 0.325. The van der Waals surface area contributed by atoms with Gasteiger partial charge in [-0.1, -0.05) is 45.4 Å². The molecule has 3 heterocycles. The van der Waals surface area contributed by atoms with E-state index in [0.29, 0.717) is 23.2 Å². The van der Waals surface area contributed by atoms with Crippen LogP contribution in [0, 0.1) is 30.1 Å². The second kappa shape index (κ2) is 8.72. The smallest absolute Gasteiger partial charge is 0.0726 e. The third kappa shape index (κ3) is 4.43.